The zero-order chi connectivity index (χ0) is 22.7. The Morgan fingerprint density at radius 2 is 1.72 bits per heavy atom. The van der Waals surface area contributed by atoms with E-state index in [0.717, 1.165) is 16.7 Å². The molecule has 0 bridgehead atoms. The molecule has 32 heavy (non-hydrogen) atoms. The Bertz CT molecular complexity index is 1110. The number of nitrogens with zero attached hydrogens (tertiary/aromatic N) is 1. The van der Waals surface area contributed by atoms with Gasteiger partial charge < -0.3 is 19.1 Å². The van der Waals surface area contributed by atoms with Crippen LogP contribution < -0.4 is 14.2 Å². The van der Waals surface area contributed by atoms with Crippen molar-refractivity contribution in [1.82, 2.24) is 4.90 Å². The van der Waals surface area contributed by atoms with Gasteiger partial charge in [-0.3, -0.25) is 4.79 Å². The number of benzene rings is 3. The Morgan fingerprint density at radius 1 is 1.03 bits per heavy atom. The van der Waals surface area contributed by atoms with E-state index in [0.29, 0.717) is 35.8 Å². The topological polar surface area (TPSA) is 48.0 Å². The first-order valence-corrected chi connectivity index (χ1v) is 10.5. The summed E-state index contributed by atoms with van der Waals surface area (Å²) in [5, 5.41) is 0. The monoisotopic (exact) mass is 435 g/mol. The van der Waals surface area contributed by atoms with Crippen LogP contribution in [-0.4, -0.2) is 38.2 Å². The van der Waals surface area contributed by atoms with Crippen LogP contribution in [-0.2, 0) is 6.42 Å². The van der Waals surface area contributed by atoms with E-state index in [2.05, 4.69) is 0 Å². The van der Waals surface area contributed by atoms with Crippen molar-refractivity contribution < 1.29 is 23.4 Å². The number of hydrogen-bond donors (Lipinski definition) is 0. The Kier molecular flexibility index (Phi) is 6.30. The molecule has 0 aromatic heterocycles. The molecule has 0 spiro atoms. The molecule has 0 N–H and O–H groups in total. The SMILES string of the molecule is COc1cc2c(cc1OC)[C@@H](COc1ccc(F)cc1)N(C(=O)c1ccccc1C)CC2. The summed E-state index contributed by atoms with van der Waals surface area (Å²) in [6.07, 6.45) is 0.695. The summed E-state index contributed by atoms with van der Waals surface area (Å²) >= 11 is 0. The van der Waals surface area contributed by atoms with Gasteiger partial charge in [0.1, 0.15) is 18.2 Å². The molecule has 1 atom stereocenters. The first-order chi connectivity index (χ1) is 15.5. The largest absolute Gasteiger partial charge is 0.493 e. The second-order valence-electron chi connectivity index (χ2n) is 7.75. The lowest BCUT2D eigenvalue weighted by Gasteiger charge is -2.38. The van der Waals surface area contributed by atoms with E-state index >= 15 is 0 Å². The Balaban J connectivity index is 1.71. The van der Waals surface area contributed by atoms with Crippen molar-refractivity contribution in [1.29, 1.82) is 0 Å². The van der Waals surface area contributed by atoms with Gasteiger partial charge in [-0.15, -0.1) is 0 Å². The standard InChI is InChI=1S/C26H26FNO4/c1-17-6-4-5-7-21(17)26(29)28-13-12-18-14-24(30-2)25(31-3)15-22(18)23(28)16-32-20-10-8-19(27)9-11-20/h4-11,14-15,23H,12-13,16H2,1-3H3/t23-/m1/s1. The molecule has 0 radical (unpaired) electrons. The number of amides is 1. The lowest BCUT2D eigenvalue weighted by molar-refractivity contribution is 0.0588. The predicted octanol–water partition coefficient (Wildman–Crippen LogP) is 4.97. The number of ether oxygens (including phenoxy) is 3. The highest BCUT2D eigenvalue weighted by Crippen LogP contribution is 2.39. The van der Waals surface area contributed by atoms with E-state index in [1.54, 1.807) is 26.4 Å². The third-order valence-electron chi connectivity index (χ3n) is 5.86. The molecule has 166 valence electrons. The lowest BCUT2D eigenvalue weighted by atomic mass is 9.91. The molecule has 0 fully saturated rings. The number of halogens is 1. The molecular weight excluding hydrogens is 409 g/mol. The summed E-state index contributed by atoms with van der Waals surface area (Å²) in [5.74, 6) is 1.43. The Labute approximate surface area is 187 Å². The minimum absolute atomic E-state index is 0.0451. The number of carbonyl (C=O) groups excluding carboxylic acids is 1. The molecule has 0 aliphatic carbocycles. The van der Waals surface area contributed by atoms with Gasteiger partial charge in [0, 0.05) is 12.1 Å². The first kappa shape index (κ1) is 21.7. The second-order valence-corrected chi connectivity index (χ2v) is 7.75. The highest BCUT2D eigenvalue weighted by Gasteiger charge is 2.33. The van der Waals surface area contributed by atoms with Crippen molar-refractivity contribution >= 4 is 5.91 Å². The van der Waals surface area contributed by atoms with E-state index in [-0.39, 0.29) is 24.4 Å². The number of hydrogen-bond acceptors (Lipinski definition) is 4. The van der Waals surface area contributed by atoms with Crippen molar-refractivity contribution in [2.45, 2.75) is 19.4 Å². The van der Waals surface area contributed by atoms with E-state index in [9.17, 15) is 9.18 Å². The van der Waals surface area contributed by atoms with Gasteiger partial charge in [-0.05, 0) is 72.5 Å². The summed E-state index contributed by atoms with van der Waals surface area (Å²) in [5.41, 5.74) is 3.64. The van der Waals surface area contributed by atoms with Crippen LogP contribution in [0.3, 0.4) is 0 Å². The van der Waals surface area contributed by atoms with Gasteiger partial charge in [0.25, 0.3) is 5.91 Å². The minimum Gasteiger partial charge on any atom is -0.493 e. The number of aryl methyl sites for hydroxylation is 1. The zero-order valence-electron chi connectivity index (χ0n) is 18.4. The van der Waals surface area contributed by atoms with Crippen molar-refractivity contribution in [2.75, 3.05) is 27.4 Å². The zero-order valence-corrected chi connectivity index (χ0v) is 18.4. The van der Waals surface area contributed by atoms with E-state index in [1.807, 2.05) is 48.2 Å². The van der Waals surface area contributed by atoms with E-state index in [4.69, 9.17) is 14.2 Å². The molecule has 1 aliphatic rings. The predicted molar refractivity (Wildman–Crippen MR) is 120 cm³/mol. The number of methoxy groups -OCH3 is 2. The fourth-order valence-electron chi connectivity index (χ4n) is 4.12. The minimum atomic E-state index is -0.337. The highest BCUT2D eigenvalue weighted by atomic mass is 19.1. The molecule has 3 aromatic carbocycles. The molecule has 1 heterocycles. The first-order valence-electron chi connectivity index (χ1n) is 10.5. The van der Waals surface area contributed by atoms with Gasteiger partial charge in [-0.2, -0.15) is 0 Å². The van der Waals surface area contributed by atoms with Crippen molar-refractivity contribution in [3.63, 3.8) is 0 Å². The summed E-state index contributed by atoms with van der Waals surface area (Å²) in [6, 6.07) is 17.0. The van der Waals surface area contributed by atoms with Gasteiger partial charge in [-0.25, -0.2) is 4.39 Å². The van der Waals surface area contributed by atoms with Crippen molar-refractivity contribution in [3.05, 3.63) is 88.7 Å². The summed E-state index contributed by atoms with van der Waals surface area (Å²) in [7, 11) is 3.20. The third kappa shape index (κ3) is 4.26. The van der Waals surface area contributed by atoms with Crippen molar-refractivity contribution in [2.24, 2.45) is 0 Å². The van der Waals surface area contributed by atoms with Crippen LogP contribution >= 0.6 is 0 Å². The highest BCUT2D eigenvalue weighted by molar-refractivity contribution is 5.96. The van der Waals surface area contributed by atoms with Gasteiger partial charge >= 0.3 is 0 Å². The van der Waals surface area contributed by atoms with Gasteiger partial charge in [0.2, 0.25) is 0 Å². The molecular formula is C26H26FNO4. The molecule has 0 saturated heterocycles. The molecule has 1 amide bonds. The lowest BCUT2D eigenvalue weighted by Crippen LogP contribution is -2.42. The van der Waals surface area contributed by atoms with Gasteiger partial charge in [-0.1, -0.05) is 18.2 Å². The van der Waals surface area contributed by atoms with Crippen LogP contribution in [0, 0.1) is 12.7 Å². The number of carbonyl (C=O) groups is 1. The average Bonchev–Trinajstić information content (AvgIpc) is 2.82. The molecule has 6 heteroatoms. The van der Waals surface area contributed by atoms with E-state index in [1.165, 1.54) is 12.1 Å². The fraction of sp³-hybridized carbons (Fsp3) is 0.269. The van der Waals surface area contributed by atoms with Crippen LogP contribution in [0.4, 0.5) is 4.39 Å². The molecule has 3 aromatic rings. The number of rotatable bonds is 6. The summed E-state index contributed by atoms with van der Waals surface area (Å²) in [6.45, 7) is 2.71. The molecule has 0 saturated carbocycles. The number of fused-ring (bicyclic) bond motifs is 1. The maximum absolute atomic E-state index is 13.5. The molecule has 1 aliphatic heterocycles. The average molecular weight is 435 g/mol. The van der Waals surface area contributed by atoms with Crippen LogP contribution in [0.15, 0.2) is 60.7 Å². The summed E-state index contributed by atoms with van der Waals surface area (Å²) in [4.78, 5) is 15.4. The summed E-state index contributed by atoms with van der Waals surface area (Å²) < 4.78 is 30.3. The van der Waals surface area contributed by atoms with Crippen LogP contribution in [0.1, 0.15) is 33.1 Å². The maximum Gasteiger partial charge on any atom is 0.254 e. The van der Waals surface area contributed by atoms with Crippen LogP contribution in [0.25, 0.3) is 0 Å². The Morgan fingerprint density at radius 3 is 2.41 bits per heavy atom. The fourth-order valence-corrected chi connectivity index (χ4v) is 4.12. The molecule has 5 nitrogen and oxygen atoms in total. The molecule has 0 unspecified atom stereocenters. The van der Waals surface area contributed by atoms with E-state index < -0.39 is 0 Å². The van der Waals surface area contributed by atoms with Gasteiger partial charge in [0.15, 0.2) is 11.5 Å². The second kappa shape index (κ2) is 9.30. The maximum atomic E-state index is 13.5. The quantitative estimate of drug-likeness (QED) is 0.549. The Hall–Kier alpha value is -3.54. The normalized spacial score (nSPS) is 15.1. The van der Waals surface area contributed by atoms with Crippen molar-refractivity contribution in [3.8, 4) is 17.2 Å². The van der Waals surface area contributed by atoms with Crippen LogP contribution in [0.5, 0.6) is 17.2 Å². The molecule has 4 rings (SSSR count). The smallest absolute Gasteiger partial charge is 0.254 e. The van der Waals surface area contributed by atoms with Crippen LogP contribution in [0.2, 0.25) is 0 Å². The third-order valence-corrected chi connectivity index (χ3v) is 5.86. The van der Waals surface area contributed by atoms with Gasteiger partial charge in [0.05, 0.1) is 20.3 Å².